The predicted molar refractivity (Wildman–Crippen MR) is 107 cm³/mol. The number of hydrogen-bond acceptors (Lipinski definition) is 7. The Morgan fingerprint density at radius 1 is 0.933 bits per heavy atom. The lowest BCUT2D eigenvalue weighted by molar-refractivity contribution is -0.384. The van der Waals surface area contributed by atoms with E-state index in [9.17, 15) is 29.8 Å². The number of anilines is 1. The number of hydrogen-bond donors (Lipinski definition) is 1. The highest BCUT2D eigenvalue weighted by molar-refractivity contribution is 5.97. The van der Waals surface area contributed by atoms with Crippen molar-refractivity contribution in [3.63, 3.8) is 0 Å². The van der Waals surface area contributed by atoms with Gasteiger partial charge in [0.05, 0.1) is 16.4 Å². The zero-order chi connectivity index (χ0) is 21.7. The van der Waals surface area contributed by atoms with Gasteiger partial charge in [0.1, 0.15) is 5.69 Å². The molecule has 30 heavy (non-hydrogen) atoms. The van der Waals surface area contributed by atoms with E-state index < -0.39 is 15.8 Å². The summed E-state index contributed by atoms with van der Waals surface area (Å²) in [7, 11) is 0. The van der Waals surface area contributed by atoms with Crippen LogP contribution < -0.4 is 10.2 Å². The smallest absolute Gasteiger partial charge is 0.292 e. The van der Waals surface area contributed by atoms with Gasteiger partial charge in [0.15, 0.2) is 0 Å². The van der Waals surface area contributed by atoms with Gasteiger partial charge in [0.25, 0.3) is 17.3 Å². The molecule has 0 atom stereocenters. The highest BCUT2D eigenvalue weighted by atomic mass is 16.6. The van der Waals surface area contributed by atoms with E-state index in [1.165, 1.54) is 24.3 Å². The van der Waals surface area contributed by atoms with Crippen LogP contribution in [0.4, 0.5) is 17.1 Å². The second-order valence-corrected chi connectivity index (χ2v) is 6.60. The monoisotopic (exact) mass is 413 g/mol. The first-order valence-corrected chi connectivity index (χ1v) is 9.15. The number of nitro benzene ring substituents is 2. The maximum absolute atomic E-state index is 12.4. The van der Waals surface area contributed by atoms with E-state index >= 15 is 0 Å². The Morgan fingerprint density at radius 2 is 1.63 bits per heavy atom. The molecule has 0 radical (unpaired) electrons. The van der Waals surface area contributed by atoms with E-state index in [2.05, 4.69) is 5.32 Å². The van der Waals surface area contributed by atoms with Crippen LogP contribution in [0.25, 0.3) is 0 Å². The van der Waals surface area contributed by atoms with Gasteiger partial charge in [-0.1, -0.05) is 18.2 Å². The van der Waals surface area contributed by atoms with Crippen LogP contribution in [0.15, 0.2) is 48.5 Å². The minimum Gasteiger partial charge on any atom is -0.362 e. The Labute approximate surface area is 171 Å². The molecule has 1 saturated heterocycles. The van der Waals surface area contributed by atoms with E-state index in [-0.39, 0.29) is 29.4 Å². The number of amides is 2. The highest BCUT2D eigenvalue weighted by Gasteiger charge is 2.25. The molecule has 0 spiro atoms. The lowest BCUT2D eigenvalue weighted by Crippen LogP contribution is -2.51. The van der Waals surface area contributed by atoms with E-state index in [1.54, 1.807) is 23.1 Å². The van der Waals surface area contributed by atoms with Crippen LogP contribution in [-0.4, -0.2) is 59.3 Å². The third kappa shape index (κ3) is 4.69. The van der Waals surface area contributed by atoms with Crippen LogP contribution in [0.2, 0.25) is 0 Å². The van der Waals surface area contributed by atoms with Crippen LogP contribution >= 0.6 is 0 Å². The van der Waals surface area contributed by atoms with Crippen molar-refractivity contribution >= 4 is 28.9 Å². The minimum atomic E-state index is -0.599. The first-order valence-electron chi connectivity index (χ1n) is 9.15. The fourth-order valence-electron chi connectivity index (χ4n) is 3.21. The number of carbonyl (C=O) groups is 2. The summed E-state index contributed by atoms with van der Waals surface area (Å²) in [6.45, 7) is 1.33. The Kier molecular flexibility index (Phi) is 6.20. The average Bonchev–Trinajstić information content (AvgIpc) is 2.77. The molecule has 0 bridgehead atoms. The van der Waals surface area contributed by atoms with Crippen molar-refractivity contribution in [1.82, 2.24) is 10.2 Å². The van der Waals surface area contributed by atoms with Crippen LogP contribution in [0.1, 0.15) is 10.4 Å². The third-order valence-electron chi connectivity index (χ3n) is 4.77. The summed E-state index contributed by atoms with van der Waals surface area (Å²) < 4.78 is 0. The molecular formula is C19H19N5O6. The van der Waals surface area contributed by atoms with Crippen LogP contribution in [0.3, 0.4) is 0 Å². The van der Waals surface area contributed by atoms with Crippen molar-refractivity contribution in [3.8, 4) is 0 Å². The van der Waals surface area contributed by atoms with Crippen LogP contribution in [0, 0.1) is 20.2 Å². The van der Waals surface area contributed by atoms with Gasteiger partial charge < -0.3 is 15.1 Å². The second-order valence-electron chi connectivity index (χ2n) is 6.60. The first kappa shape index (κ1) is 20.7. The Balaban J connectivity index is 1.54. The largest absolute Gasteiger partial charge is 0.362 e. The van der Waals surface area contributed by atoms with Crippen molar-refractivity contribution in [1.29, 1.82) is 0 Å². The number of carbonyl (C=O) groups excluding carboxylic acids is 2. The minimum absolute atomic E-state index is 0.0153. The van der Waals surface area contributed by atoms with Gasteiger partial charge in [-0.25, -0.2) is 0 Å². The SMILES string of the molecule is O=C(NCC(=O)N1CCN(c2ccccc2[N+](=O)[O-])CC1)c1cccc([N+](=O)[O-])c1. The molecule has 1 aliphatic rings. The first-order chi connectivity index (χ1) is 14.4. The second kappa shape index (κ2) is 8.99. The molecule has 1 N–H and O–H groups in total. The van der Waals surface area contributed by atoms with Gasteiger partial charge >= 0.3 is 0 Å². The van der Waals surface area contributed by atoms with Gasteiger partial charge in [-0.3, -0.25) is 29.8 Å². The van der Waals surface area contributed by atoms with Gasteiger partial charge in [0, 0.05) is 49.9 Å². The van der Waals surface area contributed by atoms with Crippen molar-refractivity contribution in [2.75, 3.05) is 37.6 Å². The standard InChI is InChI=1S/C19H19N5O6/c25-18(13-20-19(26)14-4-3-5-15(12-14)23(27)28)22-10-8-21(9-11-22)16-6-1-2-7-17(16)24(29)30/h1-7,12H,8-11,13H2,(H,20,26). The number of piperazine rings is 1. The van der Waals surface area contributed by atoms with Crippen molar-refractivity contribution in [2.45, 2.75) is 0 Å². The summed E-state index contributed by atoms with van der Waals surface area (Å²) in [5.74, 6) is -0.874. The highest BCUT2D eigenvalue weighted by Crippen LogP contribution is 2.28. The van der Waals surface area contributed by atoms with Gasteiger partial charge in [-0.2, -0.15) is 0 Å². The van der Waals surface area contributed by atoms with Crippen molar-refractivity contribution in [3.05, 3.63) is 74.3 Å². The number of para-hydroxylation sites is 2. The molecule has 1 fully saturated rings. The summed E-state index contributed by atoms with van der Waals surface area (Å²) in [6, 6.07) is 11.7. The molecule has 0 aromatic heterocycles. The molecule has 11 nitrogen and oxygen atoms in total. The molecule has 11 heteroatoms. The molecule has 2 aromatic carbocycles. The Hall–Kier alpha value is -4.02. The number of benzene rings is 2. The summed E-state index contributed by atoms with van der Waals surface area (Å²) >= 11 is 0. The quantitative estimate of drug-likeness (QED) is 0.560. The molecule has 0 aliphatic carbocycles. The van der Waals surface area contributed by atoms with E-state index in [0.29, 0.717) is 31.9 Å². The molecule has 156 valence electrons. The zero-order valence-corrected chi connectivity index (χ0v) is 15.9. The molecule has 1 heterocycles. The molecule has 3 rings (SSSR count). The Bertz CT molecular complexity index is 987. The van der Waals surface area contributed by atoms with Crippen LogP contribution in [-0.2, 0) is 4.79 Å². The number of nitrogens with zero attached hydrogens (tertiary/aromatic N) is 4. The zero-order valence-electron chi connectivity index (χ0n) is 15.9. The molecule has 2 aromatic rings. The number of nitro groups is 2. The van der Waals surface area contributed by atoms with Crippen LogP contribution in [0.5, 0.6) is 0 Å². The summed E-state index contributed by atoms with van der Waals surface area (Å²) in [5, 5.41) is 24.5. The summed E-state index contributed by atoms with van der Waals surface area (Å²) in [4.78, 5) is 49.0. The van der Waals surface area contributed by atoms with E-state index in [1.807, 2.05) is 4.90 Å². The van der Waals surface area contributed by atoms with Gasteiger partial charge in [-0.15, -0.1) is 0 Å². The molecule has 0 unspecified atom stereocenters. The lowest BCUT2D eigenvalue weighted by Gasteiger charge is -2.35. The maximum Gasteiger partial charge on any atom is 0.292 e. The topological polar surface area (TPSA) is 139 Å². The average molecular weight is 413 g/mol. The van der Waals surface area contributed by atoms with E-state index in [4.69, 9.17) is 0 Å². The normalized spacial score (nSPS) is 13.6. The fourth-order valence-corrected chi connectivity index (χ4v) is 3.21. The molecule has 2 amide bonds. The Morgan fingerprint density at radius 3 is 2.30 bits per heavy atom. The van der Waals surface area contributed by atoms with E-state index in [0.717, 1.165) is 6.07 Å². The van der Waals surface area contributed by atoms with Crippen molar-refractivity contribution in [2.24, 2.45) is 0 Å². The predicted octanol–water partition coefficient (Wildman–Crippen LogP) is 1.58. The number of non-ortho nitro benzene ring substituents is 1. The van der Waals surface area contributed by atoms with Gasteiger partial charge in [-0.05, 0) is 12.1 Å². The molecular weight excluding hydrogens is 394 g/mol. The fraction of sp³-hybridized carbons (Fsp3) is 0.263. The number of rotatable bonds is 6. The lowest BCUT2D eigenvalue weighted by atomic mass is 10.2. The summed E-state index contributed by atoms with van der Waals surface area (Å²) in [6.07, 6.45) is 0. The number of nitrogens with one attached hydrogen (secondary N) is 1. The van der Waals surface area contributed by atoms with Gasteiger partial charge in [0.2, 0.25) is 5.91 Å². The molecule has 1 aliphatic heterocycles. The molecule has 0 saturated carbocycles. The summed E-state index contributed by atoms with van der Waals surface area (Å²) in [5.41, 5.74) is 0.411. The third-order valence-corrected chi connectivity index (χ3v) is 4.77. The van der Waals surface area contributed by atoms with Crippen molar-refractivity contribution < 1.29 is 19.4 Å². The maximum atomic E-state index is 12.4.